The molecule has 1 aromatic carbocycles. The molecule has 0 aliphatic carbocycles. The van der Waals surface area contributed by atoms with Crippen LogP contribution in [-0.4, -0.2) is 46.6 Å². The Morgan fingerprint density at radius 3 is 2.86 bits per heavy atom. The minimum absolute atomic E-state index is 0.0904. The van der Waals surface area contributed by atoms with Crippen LogP contribution in [0, 0.1) is 0 Å². The second-order valence-corrected chi connectivity index (χ2v) is 6.48. The van der Waals surface area contributed by atoms with Gasteiger partial charge in [0.05, 0.1) is 0 Å². The lowest BCUT2D eigenvalue weighted by atomic mass is 10.2. The maximum absolute atomic E-state index is 12.0. The van der Waals surface area contributed by atoms with Crippen LogP contribution < -0.4 is 5.32 Å². The maximum atomic E-state index is 12.0. The molecule has 3 rings (SSSR count). The molecule has 5 heteroatoms. The van der Waals surface area contributed by atoms with E-state index in [0.29, 0.717) is 0 Å². The van der Waals surface area contributed by atoms with Crippen molar-refractivity contribution in [1.82, 2.24) is 14.8 Å². The van der Waals surface area contributed by atoms with Crippen molar-refractivity contribution in [3.63, 3.8) is 0 Å². The summed E-state index contributed by atoms with van der Waals surface area (Å²) in [6.45, 7) is 3.41. The normalized spacial score (nSPS) is 15.3. The Morgan fingerprint density at radius 2 is 2.00 bits per heavy atom. The fraction of sp³-hybridized carbons (Fsp3) is 0.438. The fourth-order valence-corrected chi connectivity index (χ4v) is 3.56. The summed E-state index contributed by atoms with van der Waals surface area (Å²) in [5, 5.41) is 4.30. The number of carbonyl (C=O) groups excluding carboxylic acids is 1. The number of hydrogen-bond donors (Lipinski definition) is 1. The lowest BCUT2D eigenvalue weighted by Gasteiger charge is -2.26. The van der Waals surface area contributed by atoms with Crippen molar-refractivity contribution in [3.8, 4) is 0 Å². The van der Waals surface area contributed by atoms with Crippen LogP contribution in [0.5, 0.6) is 0 Å². The quantitative estimate of drug-likeness (QED) is 0.882. The Kier molecular flexibility index (Phi) is 4.70. The number of hydrogen-bond acceptors (Lipinski definition) is 2. The van der Waals surface area contributed by atoms with Gasteiger partial charge in [-0.15, -0.1) is 0 Å². The number of aromatic nitrogens is 1. The van der Waals surface area contributed by atoms with Crippen LogP contribution in [0.3, 0.4) is 0 Å². The van der Waals surface area contributed by atoms with E-state index >= 15 is 0 Å². The van der Waals surface area contributed by atoms with E-state index in [1.54, 1.807) is 0 Å². The third-order valence-corrected chi connectivity index (χ3v) is 4.77. The number of thioether (sulfide) groups is 1. The number of nitrogens with zero attached hydrogens (tertiary/aromatic N) is 2. The average molecular weight is 303 g/mol. The summed E-state index contributed by atoms with van der Waals surface area (Å²) < 4.78 is 2.25. The van der Waals surface area contributed by atoms with E-state index in [-0.39, 0.29) is 6.03 Å². The molecule has 0 unspecified atom stereocenters. The van der Waals surface area contributed by atoms with Crippen molar-refractivity contribution in [2.24, 2.45) is 0 Å². The number of amides is 2. The van der Waals surface area contributed by atoms with Crippen LogP contribution >= 0.6 is 11.8 Å². The molecule has 2 amide bonds. The molecule has 2 heterocycles. The number of carbonyl (C=O) groups is 1. The largest absolute Gasteiger partial charge is 0.347 e. The Balaban J connectivity index is 1.44. The highest BCUT2D eigenvalue weighted by atomic mass is 32.2. The van der Waals surface area contributed by atoms with E-state index in [4.69, 9.17) is 0 Å². The predicted molar refractivity (Wildman–Crippen MR) is 88.9 cm³/mol. The van der Waals surface area contributed by atoms with E-state index < -0.39 is 0 Å². The number of fused-ring (bicyclic) bond motifs is 1. The van der Waals surface area contributed by atoms with Gasteiger partial charge >= 0.3 is 6.03 Å². The molecule has 112 valence electrons. The van der Waals surface area contributed by atoms with Gasteiger partial charge in [0.1, 0.15) is 0 Å². The SMILES string of the molecule is O=C(NCCCn1ccc2ccccc21)N1CCSCC1. The molecule has 1 saturated heterocycles. The molecule has 2 aromatic rings. The zero-order valence-electron chi connectivity index (χ0n) is 12.1. The van der Waals surface area contributed by atoms with Crippen LogP contribution in [0.15, 0.2) is 36.5 Å². The Labute approximate surface area is 129 Å². The molecule has 1 N–H and O–H groups in total. The Bertz CT molecular complexity index is 604. The molecule has 1 aromatic heterocycles. The van der Waals surface area contributed by atoms with Gasteiger partial charge in [0.15, 0.2) is 0 Å². The minimum atomic E-state index is 0.0904. The summed E-state index contributed by atoms with van der Waals surface area (Å²) >= 11 is 1.92. The van der Waals surface area contributed by atoms with E-state index in [0.717, 1.165) is 44.1 Å². The standard InChI is InChI=1S/C16H21N3OS/c20-16(19-10-12-21-13-11-19)17-7-3-8-18-9-6-14-4-1-2-5-15(14)18/h1-2,4-6,9H,3,7-8,10-13H2,(H,17,20). The summed E-state index contributed by atoms with van der Waals surface area (Å²) in [6, 6.07) is 10.6. The van der Waals surface area contributed by atoms with Crippen molar-refractivity contribution in [3.05, 3.63) is 36.5 Å². The molecule has 1 aliphatic heterocycles. The zero-order chi connectivity index (χ0) is 14.5. The number of aryl methyl sites for hydroxylation is 1. The van der Waals surface area contributed by atoms with Gasteiger partial charge in [0.25, 0.3) is 0 Å². The second-order valence-electron chi connectivity index (χ2n) is 5.25. The number of rotatable bonds is 4. The van der Waals surface area contributed by atoms with Gasteiger partial charge in [-0.05, 0) is 23.9 Å². The Morgan fingerprint density at radius 1 is 1.19 bits per heavy atom. The van der Waals surface area contributed by atoms with E-state index in [2.05, 4.69) is 46.4 Å². The third-order valence-electron chi connectivity index (χ3n) is 3.83. The van der Waals surface area contributed by atoms with Crippen LogP contribution in [-0.2, 0) is 6.54 Å². The average Bonchev–Trinajstić information content (AvgIpc) is 2.95. The summed E-state index contributed by atoms with van der Waals surface area (Å²) in [7, 11) is 0. The molecule has 4 nitrogen and oxygen atoms in total. The summed E-state index contributed by atoms with van der Waals surface area (Å²) in [5.41, 5.74) is 1.26. The minimum Gasteiger partial charge on any atom is -0.347 e. The van der Waals surface area contributed by atoms with Gasteiger partial charge in [-0.3, -0.25) is 0 Å². The molecule has 21 heavy (non-hydrogen) atoms. The maximum Gasteiger partial charge on any atom is 0.317 e. The summed E-state index contributed by atoms with van der Waals surface area (Å²) in [6.07, 6.45) is 3.07. The van der Waals surface area contributed by atoms with Crippen LogP contribution in [0.1, 0.15) is 6.42 Å². The van der Waals surface area contributed by atoms with Gasteiger partial charge in [0.2, 0.25) is 0 Å². The predicted octanol–water partition coefficient (Wildman–Crippen LogP) is 2.79. The first-order valence-corrected chi connectivity index (χ1v) is 8.64. The van der Waals surface area contributed by atoms with Gasteiger partial charge in [0, 0.05) is 49.4 Å². The van der Waals surface area contributed by atoms with E-state index in [1.807, 2.05) is 16.7 Å². The fourth-order valence-electron chi connectivity index (χ4n) is 2.66. The van der Waals surface area contributed by atoms with Crippen LogP contribution in [0.4, 0.5) is 4.79 Å². The highest BCUT2D eigenvalue weighted by Gasteiger charge is 2.15. The van der Waals surface area contributed by atoms with Crippen molar-refractivity contribution in [2.75, 3.05) is 31.1 Å². The number of urea groups is 1. The first-order valence-electron chi connectivity index (χ1n) is 7.49. The van der Waals surface area contributed by atoms with Gasteiger partial charge < -0.3 is 14.8 Å². The zero-order valence-corrected chi connectivity index (χ0v) is 12.9. The van der Waals surface area contributed by atoms with Crippen molar-refractivity contribution in [1.29, 1.82) is 0 Å². The highest BCUT2D eigenvalue weighted by molar-refractivity contribution is 7.99. The topological polar surface area (TPSA) is 37.3 Å². The molecule has 0 saturated carbocycles. The molecule has 0 bridgehead atoms. The van der Waals surface area contributed by atoms with Crippen LogP contribution in [0.25, 0.3) is 10.9 Å². The van der Waals surface area contributed by atoms with Gasteiger partial charge in [-0.1, -0.05) is 18.2 Å². The first-order chi connectivity index (χ1) is 10.3. The second kappa shape index (κ2) is 6.89. The molecule has 0 atom stereocenters. The molecule has 0 radical (unpaired) electrons. The molecule has 1 fully saturated rings. The molecule has 0 spiro atoms. The molecule has 1 aliphatic rings. The molecular weight excluding hydrogens is 282 g/mol. The summed E-state index contributed by atoms with van der Waals surface area (Å²) in [5.74, 6) is 2.12. The number of para-hydroxylation sites is 1. The van der Waals surface area contributed by atoms with Gasteiger partial charge in [-0.25, -0.2) is 4.79 Å². The lowest BCUT2D eigenvalue weighted by molar-refractivity contribution is 0.203. The highest BCUT2D eigenvalue weighted by Crippen LogP contribution is 2.15. The Hall–Kier alpha value is -1.62. The van der Waals surface area contributed by atoms with Crippen molar-refractivity contribution >= 4 is 28.7 Å². The number of benzene rings is 1. The summed E-state index contributed by atoms with van der Waals surface area (Å²) in [4.78, 5) is 13.9. The number of nitrogens with one attached hydrogen (secondary N) is 1. The first kappa shape index (κ1) is 14.3. The van der Waals surface area contributed by atoms with E-state index in [9.17, 15) is 4.79 Å². The van der Waals surface area contributed by atoms with E-state index in [1.165, 1.54) is 10.9 Å². The lowest BCUT2D eigenvalue weighted by Crippen LogP contribution is -2.44. The molecular formula is C16H21N3OS. The third kappa shape index (κ3) is 3.53. The smallest absolute Gasteiger partial charge is 0.317 e. The van der Waals surface area contributed by atoms with Crippen molar-refractivity contribution < 1.29 is 4.79 Å². The monoisotopic (exact) mass is 303 g/mol. The van der Waals surface area contributed by atoms with Crippen LogP contribution in [0.2, 0.25) is 0 Å². The van der Waals surface area contributed by atoms with Crippen molar-refractivity contribution in [2.45, 2.75) is 13.0 Å². The van der Waals surface area contributed by atoms with Gasteiger partial charge in [-0.2, -0.15) is 11.8 Å².